The zero-order valence-electron chi connectivity index (χ0n) is 10.1. The molecule has 0 saturated heterocycles. The van der Waals surface area contributed by atoms with Crippen LogP contribution in [0.25, 0.3) is 10.8 Å². The van der Waals surface area contributed by atoms with Crippen molar-refractivity contribution < 1.29 is 4.74 Å². The summed E-state index contributed by atoms with van der Waals surface area (Å²) in [5, 5.41) is 2.46. The molecule has 0 amide bonds. The summed E-state index contributed by atoms with van der Waals surface area (Å²) in [6.45, 7) is 0. The molecule has 2 nitrogen and oxygen atoms in total. The summed E-state index contributed by atoms with van der Waals surface area (Å²) in [6.07, 6.45) is 3.08. The van der Waals surface area contributed by atoms with Gasteiger partial charge in [-0.1, -0.05) is 30.3 Å². The van der Waals surface area contributed by atoms with E-state index in [1.807, 2.05) is 0 Å². The molecular weight excluding hydrogens is 210 g/mol. The first-order chi connectivity index (χ1) is 8.29. The lowest BCUT2D eigenvalue weighted by Gasteiger charge is -2.24. The summed E-state index contributed by atoms with van der Waals surface area (Å²) in [5.41, 5.74) is 8.78. The Morgan fingerprint density at radius 3 is 2.94 bits per heavy atom. The maximum absolute atomic E-state index is 6.06. The number of nitrogens with two attached hydrogens (primary N) is 1. The van der Waals surface area contributed by atoms with Crippen molar-refractivity contribution in [3.8, 4) is 5.75 Å². The van der Waals surface area contributed by atoms with Crippen LogP contribution in [0.3, 0.4) is 0 Å². The molecule has 0 heterocycles. The van der Waals surface area contributed by atoms with Gasteiger partial charge in [0, 0.05) is 11.4 Å². The molecule has 0 fully saturated rings. The fourth-order valence-electron chi connectivity index (χ4n) is 2.80. The Morgan fingerprint density at radius 1 is 1.29 bits per heavy atom. The summed E-state index contributed by atoms with van der Waals surface area (Å²) in [4.78, 5) is 0. The maximum Gasteiger partial charge on any atom is 0.130 e. The molecule has 2 aromatic carbocycles. The minimum Gasteiger partial charge on any atom is -0.496 e. The highest BCUT2D eigenvalue weighted by atomic mass is 16.5. The molecule has 0 bridgehead atoms. The Bertz CT molecular complexity index is 562. The molecular formula is C15H17NO. The van der Waals surface area contributed by atoms with Crippen molar-refractivity contribution in [2.24, 2.45) is 5.73 Å². The van der Waals surface area contributed by atoms with Crippen LogP contribution in [0.2, 0.25) is 0 Å². The van der Waals surface area contributed by atoms with Gasteiger partial charge in [-0.3, -0.25) is 0 Å². The SMILES string of the molecule is COc1c2c(cc3ccccc13)CC[C@H](N)C2. The lowest BCUT2D eigenvalue weighted by Crippen LogP contribution is -2.28. The fraction of sp³-hybridized carbons (Fsp3) is 0.333. The molecule has 0 spiro atoms. The van der Waals surface area contributed by atoms with Crippen molar-refractivity contribution >= 4 is 10.8 Å². The second-order valence-electron chi connectivity index (χ2n) is 4.77. The first kappa shape index (κ1) is 10.6. The van der Waals surface area contributed by atoms with E-state index in [1.165, 1.54) is 21.9 Å². The molecule has 17 heavy (non-hydrogen) atoms. The molecule has 0 aliphatic heterocycles. The van der Waals surface area contributed by atoms with Crippen LogP contribution in [0, 0.1) is 0 Å². The van der Waals surface area contributed by atoms with E-state index in [2.05, 4.69) is 30.3 Å². The second kappa shape index (κ2) is 4.04. The largest absolute Gasteiger partial charge is 0.496 e. The van der Waals surface area contributed by atoms with E-state index in [0.717, 1.165) is 25.0 Å². The Kier molecular flexibility index (Phi) is 2.52. The van der Waals surface area contributed by atoms with Gasteiger partial charge in [0.2, 0.25) is 0 Å². The van der Waals surface area contributed by atoms with Crippen molar-refractivity contribution in [1.82, 2.24) is 0 Å². The lowest BCUT2D eigenvalue weighted by molar-refractivity contribution is 0.408. The van der Waals surface area contributed by atoms with Crippen LogP contribution < -0.4 is 10.5 Å². The van der Waals surface area contributed by atoms with Crippen LogP contribution in [-0.2, 0) is 12.8 Å². The molecule has 1 aliphatic rings. The number of aryl methyl sites for hydroxylation is 1. The second-order valence-corrected chi connectivity index (χ2v) is 4.77. The highest BCUT2D eigenvalue weighted by Gasteiger charge is 2.20. The molecule has 1 atom stereocenters. The Hall–Kier alpha value is -1.54. The number of rotatable bonds is 1. The number of fused-ring (bicyclic) bond motifs is 2. The van der Waals surface area contributed by atoms with Crippen LogP contribution in [0.1, 0.15) is 17.5 Å². The standard InChI is InChI=1S/C15H17NO/c1-17-15-13-5-3-2-4-10(13)8-11-6-7-12(16)9-14(11)15/h2-5,8,12H,6-7,9,16H2,1H3/t12-/m0/s1. The topological polar surface area (TPSA) is 35.2 Å². The van der Waals surface area contributed by atoms with E-state index >= 15 is 0 Å². The molecule has 0 aromatic heterocycles. The van der Waals surface area contributed by atoms with Crippen LogP contribution in [0.15, 0.2) is 30.3 Å². The van der Waals surface area contributed by atoms with E-state index in [0.29, 0.717) is 0 Å². The van der Waals surface area contributed by atoms with Gasteiger partial charge >= 0.3 is 0 Å². The third-order valence-electron chi connectivity index (χ3n) is 3.65. The van der Waals surface area contributed by atoms with Crippen molar-refractivity contribution in [3.05, 3.63) is 41.5 Å². The van der Waals surface area contributed by atoms with Gasteiger partial charge in [0.25, 0.3) is 0 Å². The number of ether oxygens (including phenoxy) is 1. The van der Waals surface area contributed by atoms with Gasteiger partial charge in [-0.2, -0.15) is 0 Å². The number of hydrogen-bond donors (Lipinski definition) is 1. The molecule has 1 aliphatic carbocycles. The van der Waals surface area contributed by atoms with Crippen LogP contribution in [-0.4, -0.2) is 13.2 Å². The van der Waals surface area contributed by atoms with E-state index in [9.17, 15) is 0 Å². The Labute approximate surface area is 101 Å². The first-order valence-electron chi connectivity index (χ1n) is 6.12. The third kappa shape index (κ3) is 1.69. The minimum absolute atomic E-state index is 0.276. The number of methoxy groups -OCH3 is 1. The lowest BCUT2D eigenvalue weighted by atomic mass is 9.86. The van der Waals surface area contributed by atoms with Gasteiger partial charge in [-0.05, 0) is 35.8 Å². The van der Waals surface area contributed by atoms with E-state index < -0.39 is 0 Å². The third-order valence-corrected chi connectivity index (χ3v) is 3.65. The van der Waals surface area contributed by atoms with E-state index in [-0.39, 0.29) is 6.04 Å². The average Bonchev–Trinajstić information content (AvgIpc) is 2.36. The Morgan fingerprint density at radius 2 is 2.12 bits per heavy atom. The van der Waals surface area contributed by atoms with Crippen molar-refractivity contribution in [1.29, 1.82) is 0 Å². The van der Waals surface area contributed by atoms with Crippen molar-refractivity contribution in [2.45, 2.75) is 25.3 Å². The smallest absolute Gasteiger partial charge is 0.130 e. The zero-order valence-corrected chi connectivity index (χ0v) is 10.1. The van der Waals surface area contributed by atoms with Gasteiger partial charge in [0.15, 0.2) is 0 Å². The highest BCUT2D eigenvalue weighted by Crippen LogP contribution is 2.36. The van der Waals surface area contributed by atoms with Gasteiger partial charge < -0.3 is 10.5 Å². The molecule has 2 N–H and O–H groups in total. The quantitative estimate of drug-likeness (QED) is 0.813. The summed E-state index contributed by atoms with van der Waals surface area (Å²) >= 11 is 0. The molecule has 2 heteroatoms. The molecule has 0 unspecified atom stereocenters. The van der Waals surface area contributed by atoms with Gasteiger partial charge in [-0.15, -0.1) is 0 Å². The maximum atomic E-state index is 6.06. The molecule has 0 saturated carbocycles. The predicted molar refractivity (Wildman–Crippen MR) is 70.5 cm³/mol. The van der Waals surface area contributed by atoms with Crippen LogP contribution in [0.5, 0.6) is 5.75 Å². The van der Waals surface area contributed by atoms with E-state index in [1.54, 1.807) is 7.11 Å². The zero-order chi connectivity index (χ0) is 11.8. The molecule has 2 aromatic rings. The van der Waals surface area contributed by atoms with Gasteiger partial charge in [0.05, 0.1) is 7.11 Å². The normalized spacial score (nSPS) is 19.1. The first-order valence-corrected chi connectivity index (χ1v) is 6.12. The van der Waals surface area contributed by atoms with E-state index in [4.69, 9.17) is 10.5 Å². The number of benzene rings is 2. The Balaban J connectivity index is 2.30. The van der Waals surface area contributed by atoms with Gasteiger partial charge in [0.1, 0.15) is 5.75 Å². The van der Waals surface area contributed by atoms with Gasteiger partial charge in [-0.25, -0.2) is 0 Å². The van der Waals surface area contributed by atoms with Crippen molar-refractivity contribution in [3.63, 3.8) is 0 Å². The average molecular weight is 227 g/mol. The highest BCUT2D eigenvalue weighted by molar-refractivity contribution is 5.90. The summed E-state index contributed by atoms with van der Waals surface area (Å²) in [7, 11) is 1.75. The minimum atomic E-state index is 0.276. The summed E-state index contributed by atoms with van der Waals surface area (Å²) in [6, 6.07) is 11.0. The number of hydrogen-bond acceptors (Lipinski definition) is 2. The fourth-order valence-corrected chi connectivity index (χ4v) is 2.80. The summed E-state index contributed by atoms with van der Waals surface area (Å²) in [5.74, 6) is 1.02. The molecule has 3 rings (SSSR count). The monoisotopic (exact) mass is 227 g/mol. The van der Waals surface area contributed by atoms with Crippen LogP contribution >= 0.6 is 0 Å². The molecule has 88 valence electrons. The van der Waals surface area contributed by atoms with Crippen molar-refractivity contribution in [2.75, 3.05) is 7.11 Å². The van der Waals surface area contributed by atoms with Crippen LogP contribution in [0.4, 0.5) is 0 Å². The summed E-state index contributed by atoms with van der Waals surface area (Å²) < 4.78 is 5.62. The predicted octanol–water partition coefficient (Wildman–Crippen LogP) is 2.66. The molecule has 0 radical (unpaired) electrons.